The smallest absolute Gasteiger partial charge is 0.258 e. The highest BCUT2D eigenvalue weighted by Gasteiger charge is 2.22. The average Bonchev–Trinajstić information content (AvgIpc) is 3.23. The lowest BCUT2D eigenvalue weighted by Crippen LogP contribution is -2.19. The largest absolute Gasteiger partial charge is 0.307 e. The Morgan fingerprint density at radius 3 is 2.78 bits per heavy atom. The van der Waals surface area contributed by atoms with Gasteiger partial charge in [0.05, 0.1) is 16.6 Å². The molecule has 118 valence electrons. The summed E-state index contributed by atoms with van der Waals surface area (Å²) in [6.07, 6.45) is 6.10. The Bertz CT molecular complexity index is 816. The summed E-state index contributed by atoms with van der Waals surface area (Å²) in [7, 11) is 0. The van der Waals surface area contributed by atoms with E-state index in [4.69, 9.17) is 0 Å². The van der Waals surface area contributed by atoms with Crippen LogP contribution >= 0.6 is 11.3 Å². The third-order valence-corrected chi connectivity index (χ3v) is 5.23. The van der Waals surface area contributed by atoms with Crippen LogP contribution in [0, 0.1) is 0 Å². The first-order valence-corrected chi connectivity index (χ1v) is 9.08. The van der Waals surface area contributed by atoms with Crippen molar-refractivity contribution in [3.63, 3.8) is 0 Å². The van der Waals surface area contributed by atoms with Crippen molar-refractivity contribution < 1.29 is 4.79 Å². The number of fused-ring (bicyclic) bond motifs is 1. The lowest BCUT2D eigenvalue weighted by atomic mass is 9.95. The summed E-state index contributed by atoms with van der Waals surface area (Å²) in [5, 5.41) is 6.80. The van der Waals surface area contributed by atoms with Crippen LogP contribution in [-0.4, -0.2) is 15.5 Å². The summed E-state index contributed by atoms with van der Waals surface area (Å²) in [6, 6.07) is 10.4. The first-order valence-electron chi connectivity index (χ1n) is 8.13. The van der Waals surface area contributed by atoms with Gasteiger partial charge in [-0.15, -0.1) is 0 Å². The van der Waals surface area contributed by atoms with Crippen molar-refractivity contribution in [1.82, 2.24) is 9.55 Å². The van der Waals surface area contributed by atoms with Gasteiger partial charge in [0.2, 0.25) is 5.95 Å². The van der Waals surface area contributed by atoms with E-state index in [9.17, 15) is 4.79 Å². The molecule has 5 heteroatoms. The maximum absolute atomic E-state index is 12.4. The van der Waals surface area contributed by atoms with Gasteiger partial charge in [0, 0.05) is 11.4 Å². The molecule has 0 bridgehead atoms. The van der Waals surface area contributed by atoms with Gasteiger partial charge in [-0.3, -0.25) is 10.1 Å². The van der Waals surface area contributed by atoms with Gasteiger partial charge in [-0.1, -0.05) is 31.4 Å². The van der Waals surface area contributed by atoms with Crippen LogP contribution in [0.25, 0.3) is 11.0 Å². The summed E-state index contributed by atoms with van der Waals surface area (Å²) in [5.74, 6) is 0.591. The van der Waals surface area contributed by atoms with Crippen LogP contribution in [0.1, 0.15) is 48.5 Å². The molecule has 0 aliphatic heterocycles. The number of imidazole rings is 1. The number of hydrogen-bond donors (Lipinski definition) is 1. The molecule has 4 nitrogen and oxygen atoms in total. The molecule has 1 N–H and O–H groups in total. The summed E-state index contributed by atoms with van der Waals surface area (Å²) in [4.78, 5) is 17.1. The first kappa shape index (κ1) is 14.5. The molecule has 1 aliphatic carbocycles. The molecule has 0 radical (unpaired) electrons. The standard InChI is InChI=1S/C18H19N3OS/c22-17(13-10-11-23-12-13)20-18-19-15-8-4-5-9-16(15)21(18)14-6-2-1-3-7-14/h4-5,8-12,14H,1-3,6-7H2,(H,19,20,22). The second-order valence-electron chi connectivity index (χ2n) is 6.05. The zero-order valence-corrected chi connectivity index (χ0v) is 13.7. The summed E-state index contributed by atoms with van der Waals surface area (Å²) < 4.78 is 2.23. The molecule has 23 heavy (non-hydrogen) atoms. The van der Waals surface area contributed by atoms with Crippen LogP contribution in [0.5, 0.6) is 0 Å². The van der Waals surface area contributed by atoms with E-state index in [1.807, 2.05) is 35.0 Å². The van der Waals surface area contributed by atoms with E-state index in [0.717, 1.165) is 23.9 Å². The molecule has 4 rings (SSSR count). The molecule has 1 saturated carbocycles. The fourth-order valence-corrected chi connectivity index (χ4v) is 4.04. The number of amides is 1. The highest BCUT2D eigenvalue weighted by atomic mass is 32.1. The molecule has 3 aromatic rings. The van der Waals surface area contributed by atoms with Crippen LogP contribution in [0.4, 0.5) is 5.95 Å². The topological polar surface area (TPSA) is 46.9 Å². The van der Waals surface area contributed by atoms with Crippen LogP contribution in [0.2, 0.25) is 0 Å². The lowest BCUT2D eigenvalue weighted by Gasteiger charge is -2.25. The Kier molecular flexibility index (Phi) is 3.87. The Labute approximate surface area is 139 Å². The number of carbonyl (C=O) groups is 1. The predicted molar refractivity (Wildman–Crippen MR) is 94.1 cm³/mol. The minimum Gasteiger partial charge on any atom is -0.307 e. The number of anilines is 1. The number of thiophene rings is 1. The van der Waals surface area contributed by atoms with Gasteiger partial charge in [-0.2, -0.15) is 11.3 Å². The number of benzene rings is 1. The van der Waals surface area contributed by atoms with E-state index >= 15 is 0 Å². The lowest BCUT2D eigenvalue weighted by molar-refractivity contribution is 0.102. The van der Waals surface area contributed by atoms with Gasteiger partial charge >= 0.3 is 0 Å². The van der Waals surface area contributed by atoms with Crippen molar-refractivity contribution in [3.8, 4) is 0 Å². The highest BCUT2D eigenvalue weighted by Crippen LogP contribution is 2.34. The van der Waals surface area contributed by atoms with Crippen molar-refractivity contribution in [1.29, 1.82) is 0 Å². The Morgan fingerprint density at radius 2 is 2.00 bits per heavy atom. The highest BCUT2D eigenvalue weighted by molar-refractivity contribution is 7.08. The van der Waals surface area contributed by atoms with Crippen LogP contribution in [-0.2, 0) is 0 Å². The predicted octanol–water partition coefficient (Wildman–Crippen LogP) is 4.86. The fraction of sp³-hybridized carbons (Fsp3) is 0.333. The molecule has 2 aromatic heterocycles. The maximum atomic E-state index is 12.4. The number of nitrogens with one attached hydrogen (secondary N) is 1. The van der Waals surface area contributed by atoms with Crippen molar-refractivity contribution in [2.75, 3.05) is 5.32 Å². The molecule has 1 fully saturated rings. The molecule has 0 spiro atoms. The normalized spacial score (nSPS) is 15.8. The third kappa shape index (κ3) is 2.77. The SMILES string of the molecule is O=C(Nc1nc2ccccc2n1C1CCCCC1)c1ccsc1. The van der Waals surface area contributed by atoms with E-state index in [1.165, 1.54) is 30.6 Å². The van der Waals surface area contributed by atoms with E-state index in [1.54, 1.807) is 0 Å². The maximum Gasteiger partial charge on any atom is 0.258 e. The number of rotatable bonds is 3. The number of nitrogens with zero attached hydrogens (tertiary/aromatic N) is 2. The van der Waals surface area contributed by atoms with Crippen molar-refractivity contribution in [3.05, 3.63) is 46.7 Å². The van der Waals surface area contributed by atoms with Crippen molar-refractivity contribution in [2.24, 2.45) is 0 Å². The number of aromatic nitrogens is 2. The van der Waals surface area contributed by atoms with Crippen molar-refractivity contribution in [2.45, 2.75) is 38.1 Å². The third-order valence-electron chi connectivity index (χ3n) is 4.54. The summed E-state index contributed by atoms with van der Waals surface area (Å²) in [5.41, 5.74) is 2.75. The van der Waals surface area contributed by atoms with Crippen LogP contribution < -0.4 is 5.32 Å². The molecule has 1 aliphatic rings. The summed E-state index contributed by atoms with van der Waals surface area (Å²) >= 11 is 1.53. The van der Waals surface area contributed by atoms with E-state index < -0.39 is 0 Å². The monoisotopic (exact) mass is 325 g/mol. The minimum absolute atomic E-state index is 0.0846. The number of hydrogen-bond acceptors (Lipinski definition) is 3. The van der Waals surface area contributed by atoms with Gasteiger partial charge in [0.25, 0.3) is 5.91 Å². The molecule has 0 unspecified atom stereocenters. The quantitative estimate of drug-likeness (QED) is 0.748. The van der Waals surface area contributed by atoms with Gasteiger partial charge < -0.3 is 4.57 Å². The Hall–Kier alpha value is -2.14. The van der Waals surface area contributed by atoms with Gasteiger partial charge in [-0.25, -0.2) is 4.98 Å². The fourth-order valence-electron chi connectivity index (χ4n) is 3.41. The van der Waals surface area contributed by atoms with E-state index in [2.05, 4.69) is 20.9 Å². The van der Waals surface area contributed by atoms with Gasteiger partial charge in [-0.05, 0) is 36.4 Å². The van der Waals surface area contributed by atoms with E-state index in [0.29, 0.717) is 17.6 Å². The molecular formula is C18H19N3OS. The molecule has 1 amide bonds. The van der Waals surface area contributed by atoms with Crippen molar-refractivity contribution >= 4 is 34.2 Å². The molecule has 1 aromatic carbocycles. The van der Waals surface area contributed by atoms with Gasteiger partial charge in [0.15, 0.2) is 0 Å². The zero-order chi connectivity index (χ0) is 15.6. The molecular weight excluding hydrogens is 306 g/mol. The Balaban J connectivity index is 1.74. The van der Waals surface area contributed by atoms with Crippen LogP contribution in [0.3, 0.4) is 0 Å². The second kappa shape index (κ2) is 6.16. The zero-order valence-electron chi connectivity index (χ0n) is 12.9. The van der Waals surface area contributed by atoms with Gasteiger partial charge in [0.1, 0.15) is 0 Å². The minimum atomic E-state index is -0.0846. The molecule has 0 atom stereocenters. The number of para-hydroxylation sites is 2. The first-order chi connectivity index (χ1) is 11.3. The summed E-state index contributed by atoms with van der Waals surface area (Å²) in [6.45, 7) is 0. The van der Waals surface area contributed by atoms with Crippen LogP contribution in [0.15, 0.2) is 41.1 Å². The molecule has 0 saturated heterocycles. The average molecular weight is 325 g/mol. The molecule has 2 heterocycles. The second-order valence-corrected chi connectivity index (χ2v) is 6.83. The van der Waals surface area contributed by atoms with E-state index in [-0.39, 0.29) is 5.91 Å². The number of carbonyl (C=O) groups excluding carboxylic acids is 1. The Morgan fingerprint density at radius 1 is 1.17 bits per heavy atom.